The average Bonchev–Trinajstić information content (AvgIpc) is 2.87. The molecule has 0 unspecified atom stereocenters. The van der Waals surface area contributed by atoms with Gasteiger partial charge in [-0.3, -0.25) is 9.20 Å². The highest BCUT2D eigenvalue weighted by Crippen LogP contribution is 2.19. The Labute approximate surface area is 124 Å². The second-order valence-corrected chi connectivity index (χ2v) is 5.86. The molecule has 0 bridgehead atoms. The van der Waals surface area contributed by atoms with E-state index in [9.17, 15) is 9.90 Å². The van der Waals surface area contributed by atoms with Crippen LogP contribution >= 0.6 is 15.9 Å². The first-order valence-corrected chi connectivity index (χ1v) is 7.44. The summed E-state index contributed by atoms with van der Waals surface area (Å²) in [6.45, 7) is 0. The van der Waals surface area contributed by atoms with Gasteiger partial charge in [0.1, 0.15) is 0 Å². The van der Waals surface area contributed by atoms with Crippen LogP contribution in [-0.4, -0.2) is 37.8 Å². The Morgan fingerprint density at radius 1 is 1.40 bits per heavy atom. The first-order chi connectivity index (χ1) is 9.66. The van der Waals surface area contributed by atoms with Crippen LogP contribution in [0, 0.1) is 0 Å². The second-order valence-electron chi connectivity index (χ2n) is 5.01. The average molecular weight is 339 g/mol. The predicted molar refractivity (Wildman–Crippen MR) is 76.4 cm³/mol. The van der Waals surface area contributed by atoms with E-state index in [0.717, 1.165) is 30.2 Å². The minimum atomic E-state index is -0.473. The molecule has 1 aliphatic rings. The summed E-state index contributed by atoms with van der Waals surface area (Å²) in [4.78, 5) is 12.3. The lowest BCUT2D eigenvalue weighted by atomic mass is 9.92. The quantitative estimate of drug-likeness (QED) is 0.870. The molecule has 1 aliphatic carbocycles. The van der Waals surface area contributed by atoms with Crippen molar-refractivity contribution in [3.05, 3.63) is 28.6 Å². The first-order valence-electron chi connectivity index (χ1n) is 6.65. The third kappa shape index (κ3) is 2.43. The summed E-state index contributed by atoms with van der Waals surface area (Å²) in [6.07, 6.45) is 4.83. The molecule has 2 aromatic heterocycles. The van der Waals surface area contributed by atoms with Gasteiger partial charge < -0.3 is 10.4 Å². The number of carbonyl (C=O) groups excluding carboxylic acids is 1. The zero-order valence-corrected chi connectivity index (χ0v) is 12.4. The zero-order chi connectivity index (χ0) is 14.1. The Bertz CT molecular complexity index is 642. The van der Waals surface area contributed by atoms with E-state index in [0.29, 0.717) is 5.65 Å². The normalized spacial score (nSPS) is 22.9. The van der Waals surface area contributed by atoms with E-state index in [-0.39, 0.29) is 17.8 Å². The van der Waals surface area contributed by atoms with Crippen LogP contribution < -0.4 is 5.32 Å². The molecule has 0 radical (unpaired) electrons. The standard InChI is InChI=1S/C13H15BrN4O2/c14-8-4-3-7-18-11(8)16-17-12(18)13(20)15-9-5-1-2-6-10(9)19/h3-4,7,9-10,19H,1-2,5-6H2,(H,15,20)/t9-,10-/m1/s1. The lowest BCUT2D eigenvalue weighted by Gasteiger charge is -2.27. The fourth-order valence-corrected chi connectivity index (χ4v) is 2.97. The van der Waals surface area contributed by atoms with Crippen LogP contribution in [0.1, 0.15) is 36.3 Å². The van der Waals surface area contributed by atoms with Gasteiger partial charge in [-0.1, -0.05) is 12.8 Å². The Hall–Kier alpha value is -1.47. The van der Waals surface area contributed by atoms with Gasteiger partial charge in [0.25, 0.3) is 5.91 Å². The molecular weight excluding hydrogens is 324 g/mol. The van der Waals surface area contributed by atoms with Crippen LogP contribution in [-0.2, 0) is 0 Å². The van der Waals surface area contributed by atoms with Crippen LogP contribution in [0.4, 0.5) is 0 Å². The molecule has 1 saturated carbocycles. The van der Waals surface area contributed by atoms with Gasteiger partial charge in [-0.15, -0.1) is 10.2 Å². The third-order valence-corrected chi connectivity index (χ3v) is 4.26. The maximum Gasteiger partial charge on any atom is 0.289 e. The number of amides is 1. The number of pyridine rings is 1. The smallest absolute Gasteiger partial charge is 0.289 e. The molecule has 0 saturated heterocycles. The molecule has 0 aromatic carbocycles. The number of hydrogen-bond acceptors (Lipinski definition) is 4. The van der Waals surface area contributed by atoms with Gasteiger partial charge in [0.2, 0.25) is 5.82 Å². The van der Waals surface area contributed by atoms with E-state index in [1.165, 1.54) is 0 Å². The molecular formula is C13H15BrN4O2. The van der Waals surface area contributed by atoms with Crippen molar-refractivity contribution in [3.8, 4) is 0 Å². The Morgan fingerprint density at radius 2 is 2.20 bits per heavy atom. The summed E-state index contributed by atoms with van der Waals surface area (Å²) >= 11 is 3.37. The number of aromatic nitrogens is 3. The van der Waals surface area contributed by atoms with E-state index in [1.54, 1.807) is 10.6 Å². The van der Waals surface area contributed by atoms with Crippen molar-refractivity contribution >= 4 is 27.5 Å². The van der Waals surface area contributed by atoms with Crippen LogP contribution in [0.3, 0.4) is 0 Å². The number of fused-ring (bicyclic) bond motifs is 1. The largest absolute Gasteiger partial charge is 0.391 e. The predicted octanol–water partition coefficient (Wildman–Crippen LogP) is 1.53. The molecule has 2 aromatic rings. The Balaban J connectivity index is 1.84. The highest BCUT2D eigenvalue weighted by Gasteiger charge is 2.26. The van der Waals surface area contributed by atoms with Gasteiger partial charge in [0.15, 0.2) is 5.65 Å². The first kappa shape index (κ1) is 13.5. The molecule has 2 atom stereocenters. The summed E-state index contributed by atoms with van der Waals surface area (Å²) in [7, 11) is 0. The molecule has 0 spiro atoms. The monoisotopic (exact) mass is 338 g/mol. The molecule has 1 amide bonds. The van der Waals surface area contributed by atoms with Crippen LogP contribution in [0.15, 0.2) is 22.8 Å². The van der Waals surface area contributed by atoms with Crippen molar-refractivity contribution in [2.75, 3.05) is 0 Å². The van der Waals surface area contributed by atoms with Crippen molar-refractivity contribution < 1.29 is 9.90 Å². The maximum atomic E-state index is 12.3. The summed E-state index contributed by atoms with van der Waals surface area (Å²) in [5.74, 6) is -0.0689. The molecule has 3 rings (SSSR count). The fraction of sp³-hybridized carbons (Fsp3) is 0.462. The number of rotatable bonds is 2. The number of halogens is 1. The Kier molecular flexibility index (Phi) is 3.71. The topological polar surface area (TPSA) is 79.5 Å². The van der Waals surface area contributed by atoms with Crippen molar-refractivity contribution in [2.45, 2.75) is 37.8 Å². The van der Waals surface area contributed by atoms with Crippen molar-refractivity contribution in [2.24, 2.45) is 0 Å². The van der Waals surface area contributed by atoms with Gasteiger partial charge in [-0.2, -0.15) is 0 Å². The number of aliphatic hydroxyl groups is 1. The fourth-order valence-electron chi connectivity index (χ4n) is 2.55. The van der Waals surface area contributed by atoms with Gasteiger partial charge >= 0.3 is 0 Å². The lowest BCUT2D eigenvalue weighted by molar-refractivity contribution is 0.0709. The highest BCUT2D eigenvalue weighted by molar-refractivity contribution is 9.10. The molecule has 1 fully saturated rings. The molecule has 106 valence electrons. The van der Waals surface area contributed by atoms with Gasteiger partial charge in [0, 0.05) is 6.20 Å². The van der Waals surface area contributed by atoms with E-state index in [4.69, 9.17) is 0 Å². The summed E-state index contributed by atoms with van der Waals surface area (Å²) in [5.41, 5.74) is 0.599. The maximum absolute atomic E-state index is 12.3. The molecule has 20 heavy (non-hydrogen) atoms. The van der Waals surface area contributed by atoms with Crippen molar-refractivity contribution in [1.82, 2.24) is 19.9 Å². The highest BCUT2D eigenvalue weighted by atomic mass is 79.9. The molecule has 7 heteroatoms. The number of hydrogen-bond donors (Lipinski definition) is 2. The molecule has 0 aliphatic heterocycles. The number of nitrogens with one attached hydrogen (secondary N) is 1. The van der Waals surface area contributed by atoms with Gasteiger partial charge in [-0.05, 0) is 40.9 Å². The molecule has 2 heterocycles. The van der Waals surface area contributed by atoms with E-state index < -0.39 is 6.10 Å². The van der Waals surface area contributed by atoms with E-state index in [1.807, 2.05) is 12.1 Å². The van der Waals surface area contributed by atoms with Gasteiger partial charge in [-0.25, -0.2) is 0 Å². The number of nitrogens with zero attached hydrogens (tertiary/aromatic N) is 3. The van der Waals surface area contributed by atoms with Crippen LogP contribution in [0.5, 0.6) is 0 Å². The van der Waals surface area contributed by atoms with Crippen LogP contribution in [0.2, 0.25) is 0 Å². The zero-order valence-electron chi connectivity index (χ0n) is 10.8. The summed E-state index contributed by atoms with van der Waals surface area (Å²) in [5, 5.41) is 20.7. The van der Waals surface area contributed by atoms with Crippen LogP contribution in [0.25, 0.3) is 5.65 Å². The minimum Gasteiger partial charge on any atom is -0.391 e. The van der Waals surface area contributed by atoms with Crippen molar-refractivity contribution in [1.29, 1.82) is 0 Å². The van der Waals surface area contributed by atoms with Crippen molar-refractivity contribution in [3.63, 3.8) is 0 Å². The lowest BCUT2D eigenvalue weighted by Crippen LogP contribution is -2.45. The van der Waals surface area contributed by atoms with Gasteiger partial charge in [0.05, 0.1) is 16.6 Å². The second kappa shape index (κ2) is 5.49. The minimum absolute atomic E-state index is 0.198. The number of aliphatic hydroxyl groups excluding tert-OH is 1. The summed E-state index contributed by atoms with van der Waals surface area (Å²) in [6, 6.07) is 3.46. The Morgan fingerprint density at radius 3 is 3.00 bits per heavy atom. The number of carbonyl (C=O) groups is 1. The van der Waals surface area contributed by atoms with E-state index >= 15 is 0 Å². The summed E-state index contributed by atoms with van der Waals surface area (Å²) < 4.78 is 2.42. The third-order valence-electron chi connectivity index (χ3n) is 3.64. The van der Waals surface area contributed by atoms with E-state index in [2.05, 4.69) is 31.4 Å². The molecule has 2 N–H and O–H groups in total. The molecule has 6 nitrogen and oxygen atoms in total. The SMILES string of the molecule is O=C(N[C@@H]1CCCC[C@H]1O)c1nnc2c(Br)cccn12.